The van der Waals surface area contributed by atoms with Gasteiger partial charge in [-0.05, 0) is 36.0 Å². The van der Waals surface area contributed by atoms with Gasteiger partial charge in [0, 0.05) is 10.6 Å². The van der Waals surface area contributed by atoms with E-state index in [2.05, 4.69) is 10.1 Å². The van der Waals surface area contributed by atoms with Gasteiger partial charge in [0.2, 0.25) is 0 Å². The van der Waals surface area contributed by atoms with Crippen LogP contribution in [0.15, 0.2) is 54.9 Å². The molecular weight excluding hydrogens is 349 g/mol. The van der Waals surface area contributed by atoms with Gasteiger partial charge in [-0.3, -0.25) is 0 Å². The Hall–Kier alpha value is -2.02. The molecule has 24 heavy (non-hydrogen) atoms. The monoisotopic (exact) mass is 361 g/mol. The Morgan fingerprint density at radius 1 is 1.25 bits per heavy atom. The van der Waals surface area contributed by atoms with Crippen molar-refractivity contribution in [2.24, 2.45) is 0 Å². The van der Waals surface area contributed by atoms with Crippen LogP contribution in [0.25, 0.3) is 0 Å². The molecule has 1 saturated heterocycles. The summed E-state index contributed by atoms with van der Waals surface area (Å²) in [6.07, 6.45) is 1.29. The van der Waals surface area contributed by atoms with Crippen molar-refractivity contribution in [3.8, 4) is 0 Å². The van der Waals surface area contributed by atoms with Crippen molar-refractivity contribution in [3.63, 3.8) is 0 Å². The molecule has 2 aromatic carbocycles. The lowest BCUT2D eigenvalue weighted by molar-refractivity contribution is 0.261. The first-order valence-corrected chi connectivity index (χ1v) is 8.17. The van der Waals surface area contributed by atoms with Gasteiger partial charge in [0.25, 0.3) is 0 Å². The number of ether oxygens (including phenoxy) is 1. The van der Waals surface area contributed by atoms with Gasteiger partial charge in [0.1, 0.15) is 23.8 Å². The molecule has 1 aliphatic heterocycles. The van der Waals surface area contributed by atoms with E-state index in [9.17, 15) is 4.39 Å². The van der Waals surface area contributed by atoms with Gasteiger partial charge in [-0.25, -0.2) is 9.07 Å². The van der Waals surface area contributed by atoms with Crippen LogP contribution in [0.2, 0.25) is 5.02 Å². The minimum Gasteiger partial charge on any atom is -0.354 e. The molecule has 1 N–H and O–H groups in total. The third kappa shape index (κ3) is 2.56. The summed E-state index contributed by atoms with van der Waals surface area (Å²) >= 11 is 11.6. The molecule has 0 spiro atoms. The van der Waals surface area contributed by atoms with Gasteiger partial charge in [-0.1, -0.05) is 41.9 Å². The maximum Gasteiger partial charge on any atom is 0.195 e. The van der Waals surface area contributed by atoms with Crippen molar-refractivity contribution in [3.05, 3.63) is 81.6 Å². The highest BCUT2D eigenvalue weighted by Gasteiger charge is 2.59. The zero-order chi connectivity index (χ0) is 16.7. The maximum atomic E-state index is 13.3. The van der Waals surface area contributed by atoms with Crippen LogP contribution in [0, 0.1) is 10.6 Å². The third-order valence-corrected chi connectivity index (χ3v) is 4.89. The van der Waals surface area contributed by atoms with Crippen molar-refractivity contribution in [2.75, 3.05) is 0 Å². The van der Waals surface area contributed by atoms with Crippen molar-refractivity contribution < 1.29 is 9.13 Å². The van der Waals surface area contributed by atoms with Crippen molar-refractivity contribution in [2.45, 2.75) is 18.2 Å². The second-order valence-corrected chi connectivity index (χ2v) is 6.46. The number of nitrogens with one attached hydrogen (secondary N) is 1. The highest BCUT2D eigenvalue weighted by molar-refractivity contribution is 7.71. The lowest BCUT2D eigenvalue weighted by atomic mass is 9.91. The van der Waals surface area contributed by atoms with E-state index in [1.807, 2.05) is 24.3 Å². The van der Waals surface area contributed by atoms with Crippen LogP contribution in [-0.4, -0.2) is 14.8 Å². The van der Waals surface area contributed by atoms with Crippen LogP contribution < -0.4 is 0 Å². The number of epoxide rings is 1. The summed E-state index contributed by atoms with van der Waals surface area (Å²) in [5.74, 6) is -0.291. The highest BCUT2D eigenvalue weighted by Crippen LogP contribution is 2.59. The lowest BCUT2D eigenvalue weighted by Crippen LogP contribution is -2.20. The number of rotatable bonds is 4. The lowest BCUT2D eigenvalue weighted by Gasteiger charge is -2.14. The normalized spacial score (nSPS) is 22.5. The Morgan fingerprint density at radius 2 is 2.00 bits per heavy atom. The average Bonchev–Trinajstić information content (AvgIpc) is 3.16. The highest BCUT2D eigenvalue weighted by atomic mass is 35.5. The first-order chi connectivity index (χ1) is 11.6. The van der Waals surface area contributed by atoms with Crippen molar-refractivity contribution in [1.29, 1.82) is 0 Å². The van der Waals surface area contributed by atoms with Crippen LogP contribution in [0.1, 0.15) is 17.2 Å². The van der Waals surface area contributed by atoms with Gasteiger partial charge in [-0.15, -0.1) is 0 Å². The number of nitrogens with zero attached hydrogens (tertiary/aromatic N) is 2. The van der Waals surface area contributed by atoms with Gasteiger partial charge in [0.05, 0.1) is 6.54 Å². The smallest absolute Gasteiger partial charge is 0.195 e. The van der Waals surface area contributed by atoms with E-state index < -0.39 is 5.60 Å². The molecule has 2 atom stereocenters. The van der Waals surface area contributed by atoms with Gasteiger partial charge in [-0.2, -0.15) is 5.10 Å². The van der Waals surface area contributed by atoms with Gasteiger partial charge >= 0.3 is 0 Å². The molecule has 3 aromatic rings. The topological polar surface area (TPSA) is 46.1 Å². The van der Waals surface area contributed by atoms with E-state index in [-0.39, 0.29) is 11.9 Å². The number of hydrogen-bond donors (Lipinski definition) is 1. The van der Waals surface area contributed by atoms with Crippen LogP contribution >= 0.6 is 23.8 Å². The summed E-state index contributed by atoms with van der Waals surface area (Å²) < 4.78 is 21.6. The van der Waals surface area contributed by atoms with Crippen molar-refractivity contribution in [1.82, 2.24) is 14.8 Å². The van der Waals surface area contributed by atoms with Crippen LogP contribution in [-0.2, 0) is 16.9 Å². The van der Waals surface area contributed by atoms with E-state index >= 15 is 0 Å². The summed E-state index contributed by atoms with van der Waals surface area (Å²) in [6.45, 7) is 0.414. The SMILES string of the molecule is Fc1ccc([C@@]2(Cn3nc[nH]c3=S)O[C@@H]2c2ccccc2Cl)cc1. The minimum absolute atomic E-state index is 0.240. The number of hydrogen-bond acceptors (Lipinski definition) is 3. The van der Waals surface area contributed by atoms with Gasteiger partial charge in [0.15, 0.2) is 4.77 Å². The first-order valence-electron chi connectivity index (χ1n) is 7.39. The van der Waals surface area contributed by atoms with Crippen LogP contribution in [0.3, 0.4) is 0 Å². The molecule has 0 aliphatic carbocycles. The van der Waals surface area contributed by atoms with Gasteiger partial charge < -0.3 is 9.72 Å². The molecule has 4 nitrogen and oxygen atoms in total. The quantitative estimate of drug-likeness (QED) is 0.553. The largest absolute Gasteiger partial charge is 0.354 e. The number of halogens is 2. The fourth-order valence-corrected chi connectivity index (χ4v) is 3.36. The predicted molar refractivity (Wildman–Crippen MR) is 90.8 cm³/mol. The molecule has 1 aliphatic rings. The average molecular weight is 362 g/mol. The minimum atomic E-state index is -0.674. The molecule has 0 bridgehead atoms. The summed E-state index contributed by atoms with van der Waals surface area (Å²) in [4.78, 5) is 2.87. The molecule has 0 amide bonds. The molecule has 2 heterocycles. The molecule has 1 fully saturated rings. The summed E-state index contributed by atoms with van der Waals surface area (Å²) in [5, 5.41) is 4.84. The second-order valence-electron chi connectivity index (χ2n) is 5.67. The van der Waals surface area contributed by atoms with Crippen LogP contribution in [0.5, 0.6) is 0 Å². The standard InChI is InChI=1S/C17H13ClFN3OS/c18-14-4-2-1-3-13(14)15-17(23-15,9-22-16(24)20-10-21-22)11-5-7-12(19)8-6-11/h1-8,10,15H,9H2,(H,20,21,24)/t15-,17-/m1/s1. The van der Waals surface area contributed by atoms with E-state index in [0.29, 0.717) is 16.3 Å². The van der Waals surface area contributed by atoms with E-state index in [1.165, 1.54) is 18.5 Å². The number of aromatic amines is 1. The molecule has 0 unspecified atom stereocenters. The molecular formula is C17H13ClFN3OS. The maximum absolute atomic E-state index is 13.3. The number of benzene rings is 2. The Kier molecular flexibility index (Phi) is 3.75. The summed E-state index contributed by atoms with van der Waals surface area (Å²) in [7, 11) is 0. The first kappa shape index (κ1) is 15.5. The second kappa shape index (κ2) is 5.81. The Balaban J connectivity index is 1.77. The summed E-state index contributed by atoms with van der Waals surface area (Å²) in [6, 6.07) is 13.8. The fourth-order valence-electron chi connectivity index (χ4n) is 2.96. The Morgan fingerprint density at radius 3 is 2.67 bits per heavy atom. The number of H-pyrrole nitrogens is 1. The zero-order valence-electron chi connectivity index (χ0n) is 12.4. The van der Waals surface area contributed by atoms with Crippen LogP contribution in [0.4, 0.5) is 4.39 Å². The Labute approximate surface area is 147 Å². The zero-order valence-corrected chi connectivity index (χ0v) is 14.0. The third-order valence-electron chi connectivity index (χ3n) is 4.22. The molecule has 4 rings (SSSR count). The summed E-state index contributed by atoms with van der Waals surface area (Å²) in [5.41, 5.74) is 1.08. The molecule has 7 heteroatoms. The van der Waals surface area contributed by atoms with E-state index in [4.69, 9.17) is 28.6 Å². The Bertz CT molecular complexity index is 939. The molecule has 1 aromatic heterocycles. The number of aromatic nitrogens is 3. The molecule has 122 valence electrons. The molecule has 0 radical (unpaired) electrons. The molecule has 0 saturated carbocycles. The predicted octanol–water partition coefficient (Wildman–Crippen LogP) is 4.40. The van der Waals surface area contributed by atoms with E-state index in [0.717, 1.165) is 11.1 Å². The fraction of sp³-hybridized carbons (Fsp3) is 0.176. The van der Waals surface area contributed by atoms with Crippen molar-refractivity contribution >= 4 is 23.8 Å². The van der Waals surface area contributed by atoms with E-state index in [1.54, 1.807) is 16.8 Å².